The van der Waals surface area contributed by atoms with E-state index in [1.165, 1.54) is 12.0 Å². The maximum Gasteiger partial charge on any atom is 0.0216 e. The van der Waals surface area contributed by atoms with E-state index in [0.717, 1.165) is 6.54 Å². The molecular weight excluding hydrogens is 190 g/mol. The van der Waals surface area contributed by atoms with Gasteiger partial charge in [0, 0.05) is 12.6 Å². The molecular formula is C12H21NS. The minimum atomic E-state index is 0.352. The molecule has 0 fully saturated rings. The minimum absolute atomic E-state index is 0.352. The largest absolute Gasteiger partial charge is 0.309 e. The molecule has 0 bridgehead atoms. The van der Waals surface area contributed by atoms with Gasteiger partial charge in [0.05, 0.1) is 0 Å². The molecule has 1 rings (SSSR count). The molecule has 2 heteroatoms. The Morgan fingerprint density at radius 3 is 2.57 bits per heavy atom. The van der Waals surface area contributed by atoms with Gasteiger partial charge in [-0.05, 0) is 34.2 Å². The normalized spacial score (nSPS) is 14.3. The average Bonchev–Trinajstić information content (AvgIpc) is 2.55. The summed E-state index contributed by atoms with van der Waals surface area (Å²) in [4.78, 5) is 0. The van der Waals surface area contributed by atoms with Crippen molar-refractivity contribution in [3.8, 4) is 0 Å². The lowest BCUT2D eigenvalue weighted by Gasteiger charge is -2.30. The zero-order valence-corrected chi connectivity index (χ0v) is 10.4. The van der Waals surface area contributed by atoms with E-state index in [9.17, 15) is 0 Å². The van der Waals surface area contributed by atoms with Crippen molar-refractivity contribution in [2.45, 2.75) is 46.7 Å². The van der Waals surface area contributed by atoms with Crippen LogP contribution in [0.1, 0.15) is 39.7 Å². The third kappa shape index (κ3) is 3.43. The number of rotatable bonds is 4. The molecule has 1 aromatic heterocycles. The lowest BCUT2D eigenvalue weighted by atomic mass is 9.85. The molecule has 1 N–H and O–H groups in total. The first-order chi connectivity index (χ1) is 6.54. The molecule has 0 radical (unpaired) electrons. The summed E-state index contributed by atoms with van der Waals surface area (Å²) in [5.41, 5.74) is 1.75. The summed E-state index contributed by atoms with van der Waals surface area (Å²) in [6.45, 7) is 10.1. The van der Waals surface area contributed by atoms with Gasteiger partial charge in [-0.25, -0.2) is 0 Å². The quantitative estimate of drug-likeness (QED) is 0.801. The number of hydrogen-bond acceptors (Lipinski definition) is 2. The van der Waals surface area contributed by atoms with Crippen LogP contribution < -0.4 is 5.32 Å². The van der Waals surface area contributed by atoms with Gasteiger partial charge >= 0.3 is 0 Å². The smallest absolute Gasteiger partial charge is 0.0216 e. The second-order valence-corrected chi connectivity index (χ2v) is 5.62. The van der Waals surface area contributed by atoms with Crippen molar-refractivity contribution in [2.24, 2.45) is 5.41 Å². The van der Waals surface area contributed by atoms with E-state index in [2.05, 4.69) is 49.8 Å². The van der Waals surface area contributed by atoms with Crippen LogP contribution in [-0.4, -0.2) is 6.04 Å². The summed E-state index contributed by atoms with van der Waals surface area (Å²) in [5.74, 6) is 0. The molecule has 1 unspecified atom stereocenters. The summed E-state index contributed by atoms with van der Waals surface area (Å²) in [7, 11) is 0. The molecule has 1 heterocycles. The fraction of sp³-hybridized carbons (Fsp3) is 0.667. The van der Waals surface area contributed by atoms with Gasteiger partial charge in [-0.3, -0.25) is 0 Å². The van der Waals surface area contributed by atoms with Crippen molar-refractivity contribution in [1.82, 2.24) is 5.32 Å². The summed E-state index contributed by atoms with van der Waals surface area (Å²) in [6.07, 6.45) is 1.19. The molecule has 0 saturated carbocycles. The molecule has 0 saturated heterocycles. The Labute approximate surface area is 91.5 Å². The molecule has 0 aliphatic rings. The summed E-state index contributed by atoms with van der Waals surface area (Å²) in [6, 6.07) is 2.79. The van der Waals surface area contributed by atoms with E-state index in [0.29, 0.717) is 11.5 Å². The van der Waals surface area contributed by atoms with Gasteiger partial charge in [0.25, 0.3) is 0 Å². The monoisotopic (exact) mass is 211 g/mol. The molecule has 1 nitrogen and oxygen atoms in total. The zero-order chi connectivity index (χ0) is 10.6. The molecule has 1 aromatic rings. The standard InChI is InChI=1S/C12H21NS/c1-5-11(12(2,3)4)13-8-10-6-7-14-9-10/h6-7,9,11,13H,5,8H2,1-4H3. The van der Waals surface area contributed by atoms with Crippen LogP contribution in [0.5, 0.6) is 0 Å². The Morgan fingerprint density at radius 2 is 2.14 bits per heavy atom. The SMILES string of the molecule is CCC(NCc1ccsc1)C(C)(C)C. The van der Waals surface area contributed by atoms with E-state index in [-0.39, 0.29) is 0 Å². The highest BCUT2D eigenvalue weighted by Crippen LogP contribution is 2.22. The van der Waals surface area contributed by atoms with E-state index < -0.39 is 0 Å². The second kappa shape index (κ2) is 4.94. The fourth-order valence-electron chi connectivity index (χ4n) is 1.70. The van der Waals surface area contributed by atoms with Crippen molar-refractivity contribution in [1.29, 1.82) is 0 Å². The fourth-order valence-corrected chi connectivity index (χ4v) is 2.37. The van der Waals surface area contributed by atoms with Crippen molar-refractivity contribution in [3.05, 3.63) is 22.4 Å². The van der Waals surface area contributed by atoms with E-state index in [4.69, 9.17) is 0 Å². The number of hydrogen-bond donors (Lipinski definition) is 1. The van der Waals surface area contributed by atoms with Crippen LogP contribution in [0, 0.1) is 5.41 Å². The Morgan fingerprint density at radius 1 is 1.43 bits per heavy atom. The topological polar surface area (TPSA) is 12.0 Å². The van der Waals surface area contributed by atoms with Gasteiger partial charge in [0.1, 0.15) is 0 Å². The average molecular weight is 211 g/mol. The van der Waals surface area contributed by atoms with Crippen molar-refractivity contribution in [2.75, 3.05) is 0 Å². The third-order valence-corrected chi connectivity index (χ3v) is 3.32. The Balaban J connectivity index is 2.43. The van der Waals surface area contributed by atoms with Gasteiger partial charge in [0.15, 0.2) is 0 Å². The number of nitrogens with one attached hydrogen (secondary N) is 1. The predicted octanol–water partition coefficient (Wildman–Crippen LogP) is 3.66. The van der Waals surface area contributed by atoms with Crippen LogP contribution in [0.2, 0.25) is 0 Å². The molecule has 0 aliphatic carbocycles. The van der Waals surface area contributed by atoms with Crippen LogP contribution >= 0.6 is 11.3 Å². The second-order valence-electron chi connectivity index (χ2n) is 4.84. The minimum Gasteiger partial charge on any atom is -0.309 e. The van der Waals surface area contributed by atoms with Gasteiger partial charge in [-0.1, -0.05) is 27.7 Å². The van der Waals surface area contributed by atoms with Crippen LogP contribution in [0.25, 0.3) is 0 Å². The Kier molecular flexibility index (Phi) is 4.14. The van der Waals surface area contributed by atoms with Crippen LogP contribution in [0.4, 0.5) is 0 Å². The van der Waals surface area contributed by atoms with Crippen molar-refractivity contribution < 1.29 is 0 Å². The molecule has 0 aliphatic heterocycles. The van der Waals surface area contributed by atoms with Crippen LogP contribution in [-0.2, 0) is 6.54 Å². The van der Waals surface area contributed by atoms with Crippen molar-refractivity contribution in [3.63, 3.8) is 0 Å². The van der Waals surface area contributed by atoms with Gasteiger partial charge in [0.2, 0.25) is 0 Å². The molecule has 0 spiro atoms. The lowest BCUT2D eigenvalue weighted by Crippen LogP contribution is -2.39. The Hall–Kier alpha value is -0.340. The molecule has 0 aromatic carbocycles. The summed E-state index contributed by atoms with van der Waals surface area (Å²) in [5, 5.41) is 7.96. The highest BCUT2D eigenvalue weighted by atomic mass is 32.1. The van der Waals surface area contributed by atoms with E-state index in [1.807, 2.05) is 0 Å². The lowest BCUT2D eigenvalue weighted by molar-refractivity contribution is 0.260. The maximum absolute atomic E-state index is 3.62. The van der Waals surface area contributed by atoms with Gasteiger partial charge in [-0.15, -0.1) is 0 Å². The zero-order valence-electron chi connectivity index (χ0n) is 9.63. The van der Waals surface area contributed by atoms with E-state index >= 15 is 0 Å². The van der Waals surface area contributed by atoms with Crippen molar-refractivity contribution >= 4 is 11.3 Å². The first-order valence-electron chi connectivity index (χ1n) is 5.28. The van der Waals surface area contributed by atoms with Crippen LogP contribution in [0.3, 0.4) is 0 Å². The third-order valence-electron chi connectivity index (χ3n) is 2.59. The molecule has 0 amide bonds. The Bertz CT molecular complexity index is 246. The summed E-state index contributed by atoms with van der Waals surface area (Å²) < 4.78 is 0. The predicted molar refractivity (Wildman–Crippen MR) is 64.7 cm³/mol. The van der Waals surface area contributed by atoms with Crippen LogP contribution in [0.15, 0.2) is 16.8 Å². The molecule has 14 heavy (non-hydrogen) atoms. The maximum atomic E-state index is 3.62. The molecule has 80 valence electrons. The van der Waals surface area contributed by atoms with Gasteiger partial charge < -0.3 is 5.32 Å². The highest BCUT2D eigenvalue weighted by Gasteiger charge is 2.21. The molecule has 1 atom stereocenters. The first-order valence-corrected chi connectivity index (χ1v) is 6.22. The first kappa shape index (κ1) is 11.7. The van der Waals surface area contributed by atoms with E-state index in [1.54, 1.807) is 11.3 Å². The van der Waals surface area contributed by atoms with Gasteiger partial charge in [-0.2, -0.15) is 11.3 Å². The highest BCUT2D eigenvalue weighted by molar-refractivity contribution is 7.07. The summed E-state index contributed by atoms with van der Waals surface area (Å²) >= 11 is 1.77. The number of thiophene rings is 1.